The summed E-state index contributed by atoms with van der Waals surface area (Å²) in [5.41, 5.74) is 5.32. The Morgan fingerprint density at radius 2 is 1.88 bits per heavy atom. The van der Waals surface area contributed by atoms with E-state index < -0.39 is 18.5 Å². The molecule has 0 atom stereocenters. The predicted molar refractivity (Wildman–Crippen MR) is 53.7 cm³/mol. The fourth-order valence-corrected chi connectivity index (χ4v) is 2.14. The first-order chi connectivity index (χ1) is 7.44. The summed E-state index contributed by atoms with van der Waals surface area (Å²) in [6.07, 6.45) is -2.25. The third kappa shape index (κ3) is 4.00. The molecule has 0 aromatic heterocycles. The van der Waals surface area contributed by atoms with Crippen molar-refractivity contribution in [3.8, 4) is 0 Å². The number of nitrogens with two attached hydrogens (primary N) is 1. The number of rotatable bonds is 4. The second-order valence-corrected chi connectivity index (χ2v) is 4.11. The number of amides is 1. The first-order valence-corrected chi connectivity index (χ1v) is 5.50. The highest BCUT2D eigenvalue weighted by molar-refractivity contribution is 5.77. The molecule has 6 heteroatoms. The monoisotopic (exact) mass is 238 g/mol. The number of halogens is 3. The van der Waals surface area contributed by atoms with E-state index in [1.54, 1.807) is 0 Å². The van der Waals surface area contributed by atoms with E-state index in [1.165, 1.54) is 4.90 Å². The number of carbonyl (C=O) groups excluding carboxylic acids is 1. The van der Waals surface area contributed by atoms with E-state index in [4.69, 9.17) is 5.73 Å². The number of alkyl halides is 3. The minimum Gasteiger partial charge on any atom is -0.338 e. The maximum Gasteiger partial charge on any atom is 0.397 e. The number of nitrogens with zero attached hydrogens (tertiary/aromatic N) is 1. The summed E-state index contributed by atoms with van der Waals surface area (Å²) in [6, 6.07) is -0.0431. The van der Waals surface area contributed by atoms with Crippen molar-refractivity contribution in [2.75, 3.05) is 13.1 Å². The van der Waals surface area contributed by atoms with Gasteiger partial charge in [-0.05, 0) is 12.8 Å². The molecule has 1 aliphatic rings. The van der Waals surface area contributed by atoms with Gasteiger partial charge in [0.25, 0.3) is 0 Å². The van der Waals surface area contributed by atoms with Crippen molar-refractivity contribution in [1.82, 2.24) is 4.90 Å². The molecule has 1 aliphatic carbocycles. The van der Waals surface area contributed by atoms with Crippen LogP contribution in [-0.2, 0) is 4.79 Å². The molecule has 2 N–H and O–H groups in total. The standard InChI is InChI=1S/C10H17F3N2O/c11-10(12,13)7-9(16)15(6-5-14)8-3-1-2-4-8/h8H,1-7,14H2. The van der Waals surface area contributed by atoms with Crippen molar-refractivity contribution in [1.29, 1.82) is 0 Å². The molecule has 16 heavy (non-hydrogen) atoms. The van der Waals surface area contributed by atoms with Gasteiger partial charge in [0.15, 0.2) is 0 Å². The van der Waals surface area contributed by atoms with Crippen molar-refractivity contribution in [3.63, 3.8) is 0 Å². The number of carbonyl (C=O) groups is 1. The van der Waals surface area contributed by atoms with Crippen LogP contribution in [0.5, 0.6) is 0 Å². The van der Waals surface area contributed by atoms with Crippen LogP contribution >= 0.6 is 0 Å². The zero-order valence-electron chi connectivity index (χ0n) is 9.09. The highest BCUT2D eigenvalue weighted by Gasteiger charge is 2.35. The lowest BCUT2D eigenvalue weighted by Crippen LogP contribution is -2.43. The van der Waals surface area contributed by atoms with Crippen molar-refractivity contribution in [2.45, 2.75) is 44.3 Å². The van der Waals surface area contributed by atoms with Gasteiger partial charge in [-0.3, -0.25) is 4.79 Å². The molecule has 0 spiro atoms. The average Bonchev–Trinajstić information content (AvgIpc) is 2.63. The Hall–Kier alpha value is -0.780. The smallest absolute Gasteiger partial charge is 0.338 e. The molecular weight excluding hydrogens is 221 g/mol. The zero-order chi connectivity index (χ0) is 12.2. The van der Waals surface area contributed by atoms with E-state index in [-0.39, 0.29) is 19.1 Å². The Labute approximate surface area is 92.8 Å². The van der Waals surface area contributed by atoms with Gasteiger partial charge in [-0.25, -0.2) is 0 Å². The molecule has 0 aromatic carbocycles. The Morgan fingerprint density at radius 1 is 1.31 bits per heavy atom. The van der Waals surface area contributed by atoms with Gasteiger partial charge in [0.2, 0.25) is 5.91 Å². The minimum absolute atomic E-state index is 0.0431. The van der Waals surface area contributed by atoms with Gasteiger partial charge in [0.05, 0.1) is 0 Å². The molecule has 1 saturated carbocycles. The molecular formula is C10H17F3N2O. The topological polar surface area (TPSA) is 46.3 Å². The van der Waals surface area contributed by atoms with E-state index in [0.29, 0.717) is 0 Å². The van der Waals surface area contributed by atoms with Gasteiger partial charge in [-0.1, -0.05) is 12.8 Å². The lowest BCUT2D eigenvalue weighted by molar-refractivity contribution is -0.162. The van der Waals surface area contributed by atoms with Gasteiger partial charge in [-0.15, -0.1) is 0 Å². The quantitative estimate of drug-likeness (QED) is 0.809. The molecule has 0 aliphatic heterocycles. The number of hydrogen-bond acceptors (Lipinski definition) is 2. The number of hydrogen-bond donors (Lipinski definition) is 1. The summed E-state index contributed by atoms with van der Waals surface area (Å²) in [7, 11) is 0. The second kappa shape index (κ2) is 5.52. The lowest BCUT2D eigenvalue weighted by atomic mass is 10.2. The molecule has 94 valence electrons. The van der Waals surface area contributed by atoms with Crippen molar-refractivity contribution in [3.05, 3.63) is 0 Å². The summed E-state index contributed by atoms with van der Waals surface area (Å²) in [5, 5.41) is 0. The molecule has 0 radical (unpaired) electrons. The Kier molecular flexibility index (Phi) is 4.58. The molecule has 0 bridgehead atoms. The second-order valence-electron chi connectivity index (χ2n) is 4.11. The third-order valence-corrected chi connectivity index (χ3v) is 2.81. The molecule has 1 rings (SSSR count). The van der Waals surface area contributed by atoms with Crippen LogP contribution in [0.25, 0.3) is 0 Å². The first kappa shape index (κ1) is 13.3. The lowest BCUT2D eigenvalue weighted by Gasteiger charge is -2.29. The van der Waals surface area contributed by atoms with Gasteiger partial charge < -0.3 is 10.6 Å². The van der Waals surface area contributed by atoms with E-state index in [1.807, 2.05) is 0 Å². The molecule has 0 heterocycles. The van der Waals surface area contributed by atoms with Gasteiger partial charge in [-0.2, -0.15) is 13.2 Å². The molecule has 1 amide bonds. The summed E-state index contributed by atoms with van der Waals surface area (Å²) >= 11 is 0. The Morgan fingerprint density at radius 3 is 2.31 bits per heavy atom. The van der Waals surface area contributed by atoms with Crippen LogP contribution in [0.4, 0.5) is 13.2 Å². The summed E-state index contributed by atoms with van der Waals surface area (Å²) in [5.74, 6) is -0.843. The van der Waals surface area contributed by atoms with Crippen LogP contribution in [0.15, 0.2) is 0 Å². The largest absolute Gasteiger partial charge is 0.397 e. The highest BCUT2D eigenvalue weighted by Crippen LogP contribution is 2.26. The van der Waals surface area contributed by atoms with Crippen LogP contribution in [-0.4, -0.2) is 36.1 Å². The SMILES string of the molecule is NCCN(C(=O)CC(F)(F)F)C1CCCC1. The van der Waals surface area contributed by atoms with Gasteiger partial charge >= 0.3 is 6.18 Å². The van der Waals surface area contributed by atoms with Crippen molar-refractivity contribution >= 4 is 5.91 Å². The minimum atomic E-state index is -4.43. The first-order valence-electron chi connectivity index (χ1n) is 5.50. The average molecular weight is 238 g/mol. The van der Waals surface area contributed by atoms with E-state index in [0.717, 1.165) is 25.7 Å². The van der Waals surface area contributed by atoms with Crippen LogP contribution in [0.2, 0.25) is 0 Å². The van der Waals surface area contributed by atoms with Gasteiger partial charge in [0, 0.05) is 19.1 Å². The molecule has 3 nitrogen and oxygen atoms in total. The van der Waals surface area contributed by atoms with Gasteiger partial charge in [0.1, 0.15) is 6.42 Å². The molecule has 0 aromatic rings. The van der Waals surface area contributed by atoms with Crippen LogP contribution in [0.3, 0.4) is 0 Å². The molecule has 0 saturated heterocycles. The van der Waals surface area contributed by atoms with Crippen LogP contribution in [0, 0.1) is 0 Å². The fraction of sp³-hybridized carbons (Fsp3) is 0.900. The Bertz CT molecular complexity index is 237. The predicted octanol–water partition coefficient (Wildman–Crippen LogP) is 1.67. The summed E-state index contributed by atoms with van der Waals surface area (Å²) in [6.45, 7) is 0.430. The Balaban J connectivity index is 2.57. The fourth-order valence-electron chi connectivity index (χ4n) is 2.14. The van der Waals surface area contributed by atoms with E-state index in [2.05, 4.69) is 0 Å². The summed E-state index contributed by atoms with van der Waals surface area (Å²) < 4.78 is 36.3. The van der Waals surface area contributed by atoms with E-state index >= 15 is 0 Å². The van der Waals surface area contributed by atoms with Crippen molar-refractivity contribution in [2.24, 2.45) is 5.73 Å². The third-order valence-electron chi connectivity index (χ3n) is 2.81. The molecule has 0 unspecified atom stereocenters. The molecule has 1 fully saturated rings. The maximum atomic E-state index is 12.1. The summed E-state index contributed by atoms with van der Waals surface area (Å²) in [4.78, 5) is 12.8. The zero-order valence-corrected chi connectivity index (χ0v) is 9.09. The van der Waals surface area contributed by atoms with Crippen LogP contribution < -0.4 is 5.73 Å². The maximum absolute atomic E-state index is 12.1. The van der Waals surface area contributed by atoms with Crippen molar-refractivity contribution < 1.29 is 18.0 Å². The van der Waals surface area contributed by atoms with E-state index in [9.17, 15) is 18.0 Å². The highest BCUT2D eigenvalue weighted by atomic mass is 19.4. The normalized spacial score (nSPS) is 17.8. The van der Waals surface area contributed by atoms with Crippen LogP contribution in [0.1, 0.15) is 32.1 Å².